The van der Waals surface area contributed by atoms with Gasteiger partial charge in [0.15, 0.2) is 0 Å². The number of carbonyl (C=O) groups is 2. The molecule has 2 N–H and O–H groups in total. The Labute approximate surface area is 89.0 Å². The zero-order chi connectivity index (χ0) is 12.4. The van der Waals surface area contributed by atoms with E-state index in [0.717, 1.165) is 0 Å². The van der Waals surface area contributed by atoms with E-state index in [1.165, 1.54) is 34.8 Å². The summed E-state index contributed by atoms with van der Waals surface area (Å²) in [5.74, 6) is -1.80. The minimum atomic E-state index is -1.41. The van der Waals surface area contributed by atoms with Crippen molar-refractivity contribution < 1.29 is 24.5 Å². The molecule has 0 spiro atoms. The van der Waals surface area contributed by atoms with E-state index in [-0.39, 0.29) is 0 Å². The third-order valence-electron chi connectivity index (χ3n) is 2.63. The van der Waals surface area contributed by atoms with Crippen molar-refractivity contribution in [1.29, 1.82) is 0 Å². The number of carboxylic acids is 1. The van der Waals surface area contributed by atoms with Crippen LogP contribution in [0.2, 0.25) is 0 Å². The average molecular weight is 218 g/mol. The molecule has 0 aromatic rings. The van der Waals surface area contributed by atoms with Gasteiger partial charge >= 0.3 is 11.9 Å². The lowest BCUT2D eigenvalue weighted by Crippen LogP contribution is -2.50. The van der Waals surface area contributed by atoms with Crippen LogP contribution in [0.3, 0.4) is 0 Å². The average Bonchev–Trinajstić information content (AvgIpc) is 2.14. The molecule has 0 fully saturated rings. The van der Waals surface area contributed by atoms with E-state index in [0.29, 0.717) is 0 Å². The lowest BCUT2D eigenvalue weighted by molar-refractivity contribution is -0.172. The zero-order valence-electron chi connectivity index (χ0n) is 9.70. The fraction of sp³-hybridized carbons (Fsp3) is 0.800. The Morgan fingerprint density at radius 2 is 1.53 bits per heavy atom. The quantitative estimate of drug-likeness (QED) is 0.677. The first-order chi connectivity index (χ1) is 6.58. The van der Waals surface area contributed by atoms with Gasteiger partial charge in [-0.3, -0.25) is 9.59 Å². The van der Waals surface area contributed by atoms with Gasteiger partial charge in [0.1, 0.15) is 0 Å². The summed E-state index contributed by atoms with van der Waals surface area (Å²) < 4.78 is 4.52. The van der Waals surface area contributed by atoms with Crippen LogP contribution in [0.25, 0.3) is 0 Å². The van der Waals surface area contributed by atoms with Crippen molar-refractivity contribution in [3.05, 3.63) is 0 Å². The van der Waals surface area contributed by atoms with E-state index in [2.05, 4.69) is 4.74 Å². The van der Waals surface area contributed by atoms with E-state index in [1.54, 1.807) is 0 Å². The minimum absolute atomic E-state index is 0.635. The summed E-state index contributed by atoms with van der Waals surface area (Å²) in [7, 11) is 1.20. The van der Waals surface area contributed by atoms with Crippen molar-refractivity contribution >= 4 is 11.9 Å². The van der Waals surface area contributed by atoms with Crippen molar-refractivity contribution in [2.24, 2.45) is 10.8 Å². The molecule has 0 aliphatic carbocycles. The van der Waals surface area contributed by atoms with Crippen molar-refractivity contribution in [2.45, 2.75) is 33.8 Å². The molecule has 1 unspecified atom stereocenters. The molecule has 5 nitrogen and oxygen atoms in total. The number of aliphatic hydroxyl groups is 1. The number of hydrogen-bond donors (Lipinski definition) is 2. The van der Waals surface area contributed by atoms with Crippen LogP contribution in [0.15, 0.2) is 0 Å². The summed E-state index contributed by atoms with van der Waals surface area (Å²) in [5, 5.41) is 18.8. The number of aliphatic hydroxyl groups excluding tert-OH is 1. The molecule has 0 radical (unpaired) electrons. The Hall–Kier alpha value is -1.10. The van der Waals surface area contributed by atoms with Gasteiger partial charge in [-0.15, -0.1) is 0 Å². The highest BCUT2D eigenvalue weighted by Crippen LogP contribution is 2.35. The number of methoxy groups -OCH3 is 1. The molecule has 0 saturated heterocycles. The summed E-state index contributed by atoms with van der Waals surface area (Å²) in [5.41, 5.74) is -2.66. The van der Waals surface area contributed by atoms with E-state index in [1.807, 2.05) is 0 Å². The number of carboxylic acid groups (broad SMARTS) is 1. The van der Waals surface area contributed by atoms with E-state index < -0.39 is 28.9 Å². The molecular formula is C10H18O5. The largest absolute Gasteiger partial charge is 0.481 e. The van der Waals surface area contributed by atoms with Crippen LogP contribution in [0, 0.1) is 10.8 Å². The minimum Gasteiger partial charge on any atom is -0.481 e. The summed E-state index contributed by atoms with van der Waals surface area (Å²) in [6.45, 7) is 5.64. The molecule has 0 bridgehead atoms. The Morgan fingerprint density at radius 3 is 1.80 bits per heavy atom. The maximum absolute atomic E-state index is 11.4. The van der Waals surface area contributed by atoms with Crippen molar-refractivity contribution in [3.8, 4) is 0 Å². The van der Waals surface area contributed by atoms with E-state index >= 15 is 0 Å². The van der Waals surface area contributed by atoms with Crippen LogP contribution in [0.4, 0.5) is 0 Å². The molecule has 88 valence electrons. The molecule has 0 saturated carbocycles. The maximum Gasteiger partial charge on any atom is 0.313 e. The topological polar surface area (TPSA) is 83.8 Å². The molecular weight excluding hydrogens is 200 g/mol. The van der Waals surface area contributed by atoms with Gasteiger partial charge in [0.05, 0.1) is 24.0 Å². The van der Waals surface area contributed by atoms with Crippen molar-refractivity contribution in [3.63, 3.8) is 0 Å². The smallest absolute Gasteiger partial charge is 0.313 e. The van der Waals surface area contributed by atoms with Crippen LogP contribution in [-0.4, -0.2) is 35.4 Å². The van der Waals surface area contributed by atoms with Gasteiger partial charge < -0.3 is 14.9 Å². The van der Waals surface area contributed by atoms with Gasteiger partial charge in [0.2, 0.25) is 0 Å². The monoisotopic (exact) mass is 218 g/mol. The highest BCUT2D eigenvalue weighted by atomic mass is 16.5. The predicted octanol–water partition coefficient (Wildman–Crippen LogP) is 0.657. The van der Waals surface area contributed by atoms with Crippen LogP contribution >= 0.6 is 0 Å². The summed E-state index contributed by atoms with van der Waals surface area (Å²) in [4.78, 5) is 22.3. The van der Waals surface area contributed by atoms with Crippen LogP contribution < -0.4 is 0 Å². The van der Waals surface area contributed by atoms with Gasteiger partial charge in [-0.05, 0) is 27.7 Å². The lowest BCUT2D eigenvalue weighted by atomic mass is 9.72. The van der Waals surface area contributed by atoms with Crippen LogP contribution in [0.5, 0.6) is 0 Å². The standard InChI is InChI=1S/C10H18O5/c1-9(2,7(12)13)6(11)10(3,4)8(14)15-5/h6,11H,1-5H3,(H,12,13). The normalized spacial score (nSPS) is 14.5. The number of aliphatic carboxylic acids is 1. The third kappa shape index (κ3) is 2.47. The second-order valence-corrected chi connectivity index (χ2v) is 4.64. The highest BCUT2D eigenvalue weighted by Gasteiger charge is 2.49. The molecule has 0 aliphatic heterocycles. The van der Waals surface area contributed by atoms with Crippen molar-refractivity contribution in [1.82, 2.24) is 0 Å². The predicted molar refractivity (Wildman–Crippen MR) is 53.2 cm³/mol. The van der Waals surface area contributed by atoms with Gasteiger partial charge in [-0.25, -0.2) is 0 Å². The summed E-state index contributed by atoms with van der Waals surface area (Å²) in [6, 6.07) is 0. The first-order valence-corrected chi connectivity index (χ1v) is 4.58. The first kappa shape index (κ1) is 13.9. The van der Waals surface area contributed by atoms with Gasteiger partial charge in [-0.1, -0.05) is 0 Å². The van der Waals surface area contributed by atoms with Gasteiger partial charge in [0.25, 0.3) is 0 Å². The van der Waals surface area contributed by atoms with E-state index in [9.17, 15) is 14.7 Å². The zero-order valence-corrected chi connectivity index (χ0v) is 9.70. The second-order valence-electron chi connectivity index (χ2n) is 4.64. The lowest BCUT2D eigenvalue weighted by Gasteiger charge is -2.36. The highest BCUT2D eigenvalue weighted by molar-refractivity contribution is 5.80. The summed E-state index contributed by atoms with van der Waals surface area (Å²) in [6.07, 6.45) is -1.32. The van der Waals surface area contributed by atoms with Gasteiger partial charge in [0, 0.05) is 0 Å². The molecule has 5 heteroatoms. The maximum atomic E-state index is 11.4. The molecule has 15 heavy (non-hydrogen) atoms. The number of rotatable bonds is 4. The fourth-order valence-corrected chi connectivity index (χ4v) is 1.39. The molecule has 0 aromatic heterocycles. The fourth-order valence-electron chi connectivity index (χ4n) is 1.39. The summed E-state index contributed by atoms with van der Waals surface area (Å²) >= 11 is 0. The van der Waals surface area contributed by atoms with E-state index in [4.69, 9.17) is 5.11 Å². The SMILES string of the molecule is COC(=O)C(C)(C)C(O)C(C)(C)C(=O)O. The Bertz CT molecular complexity index is 267. The van der Waals surface area contributed by atoms with Gasteiger partial charge in [-0.2, -0.15) is 0 Å². The Kier molecular flexibility index (Phi) is 3.88. The van der Waals surface area contributed by atoms with Crippen LogP contribution in [-0.2, 0) is 14.3 Å². The Morgan fingerprint density at radius 1 is 1.13 bits per heavy atom. The Balaban J connectivity index is 5.07. The molecule has 0 aliphatic rings. The molecule has 0 amide bonds. The number of hydrogen-bond acceptors (Lipinski definition) is 4. The first-order valence-electron chi connectivity index (χ1n) is 4.58. The molecule has 0 rings (SSSR count). The number of carbonyl (C=O) groups excluding carboxylic acids is 1. The molecule has 0 heterocycles. The van der Waals surface area contributed by atoms with Crippen LogP contribution in [0.1, 0.15) is 27.7 Å². The molecule has 1 atom stereocenters. The molecule has 0 aromatic carbocycles. The number of ether oxygens (including phenoxy) is 1. The van der Waals surface area contributed by atoms with Crippen molar-refractivity contribution in [2.75, 3.05) is 7.11 Å². The second kappa shape index (κ2) is 4.18. The number of esters is 1. The third-order valence-corrected chi connectivity index (χ3v) is 2.63.